The van der Waals surface area contributed by atoms with Crippen molar-refractivity contribution in [1.82, 2.24) is 20.1 Å². The lowest BCUT2D eigenvalue weighted by atomic mass is 10.2. The Kier molecular flexibility index (Phi) is 3.29. The molecular formula is C14H22N4O. The molecular weight excluding hydrogens is 240 g/mol. The molecule has 2 saturated carbocycles. The molecule has 0 spiro atoms. The maximum absolute atomic E-state index is 11.9. The van der Waals surface area contributed by atoms with Gasteiger partial charge in [-0.3, -0.25) is 4.79 Å². The molecule has 2 fully saturated rings. The molecule has 2 atom stereocenters. The third kappa shape index (κ3) is 2.80. The van der Waals surface area contributed by atoms with Crippen LogP contribution in [0.2, 0.25) is 0 Å². The van der Waals surface area contributed by atoms with Gasteiger partial charge in [-0.05, 0) is 31.1 Å². The minimum absolute atomic E-state index is 0.246. The van der Waals surface area contributed by atoms with Crippen molar-refractivity contribution in [1.29, 1.82) is 0 Å². The van der Waals surface area contributed by atoms with Gasteiger partial charge in [-0.15, -0.1) is 10.2 Å². The third-order valence-electron chi connectivity index (χ3n) is 4.22. The summed E-state index contributed by atoms with van der Waals surface area (Å²) in [7, 11) is 0. The summed E-state index contributed by atoms with van der Waals surface area (Å²) in [5.74, 6) is 3.45. The highest BCUT2D eigenvalue weighted by Gasteiger charge is 2.50. The van der Waals surface area contributed by atoms with Gasteiger partial charge in [0.1, 0.15) is 12.2 Å². The van der Waals surface area contributed by atoms with Crippen molar-refractivity contribution in [2.75, 3.05) is 6.54 Å². The fourth-order valence-corrected chi connectivity index (χ4v) is 2.88. The molecule has 5 nitrogen and oxygen atoms in total. The highest BCUT2D eigenvalue weighted by Crippen LogP contribution is 2.54. The number of hydrogen-bond acceptors (Lipinski definition) is 3. The molecule has 0 saturated heterocycles. The molecule has 1 N–H and O–H groups in total. The van der Waals surface area contributed by atoms with E-state index >= 15 is 0 Å². The predicted molar refractivity (Wildman–Crippen MR) is 71.4 cm³/mol. The number of nitrogens with one attached hydrogen (secondary N) is 1. The monoisotopic (exact) mass is 262 g/mol. The van der Waals surface area contributed by atoms with E-state index in [0.717, 1.165) is 24.7 Å². The minimum atomic E-state index is 0.246. The Morgan fingerprint density at radius 1 is 1.53 bits per heavy atom. The Labute approximate surface area is 113 Å². The largest absolute Gasteiger partial charge is 0.354 e. The molecule has 19 heavy (non-hydrogen) atoms. The van der Waals surface area contributed by atoms with Crippen LogP contribution in [0.15, 0.2) is 6.33 Å². The van der Waals surface area contributed by atoms with Crippen LogP contribution in [0.3, 0.4) is 0 Å². The molecule has 2 aliphatic carbocycles. The summed E-state index contributed by atoms with van der Waals surface area (Å²) in [6.45, 7) is 5.63. The van der Waals surface area contributed by atoms with Crippen molar-refractivity contribution in [3.05, 3.63) is 12.2 Å². The number of nitrogens with zero attached hydrogens (tertiary/aromatic N) is 3. The highest BCUT2D eigenvalue weighted by atomic mass is 16.2. The Morgan fingerprint density at radius 3 is 3.00 bits per heavy atom. The lowest BCUT2D eigenvalue weighted by Gasteiger charge is -2.09. The zero-order chi connectivity index (χ0) is 13.4. The van der Waals surface area contributed by atoms with Crippen LogP contribution >= 0.6 is 0 Å². The number of carbonyl (C=O) groups excluding carboxylic acids is 1. The summed E-state index contributed by atoms with van der Waals surface area (Å²) in [6.07, 6.45) is 5.53. The molecule has 1 heterocycles. The second-order valence-corrected chi connectivity index (χ2v) is 6.17. The fourth-order valence-electron chi connectivity index (χ4n) is 2.88. The molecule has 0 aromatic carbocycles. The van der Waals surface area contributed by atoms with Crippen molar-refractivity contribution in [3.8, 4) is 0 Å². The molecule has 3 rings (SSSR count). The Balaban J connectivity index is 1.43. The smallest absolute Gasteiger partial charge is 0.223 e. The predicted octanol–water partition coefficient (Wildman–Crippen LogP) is 1.56. The SMILES string of the molecule is CC(C)c1nncn1CCNC(=O)[C@H]1C[C@@H]1C1CC1. The van der Waals surface area contributed by atoms with Crippen molar-refractivity contribution in [2.45, 2.75) is 45.6 Å². The van der Waals surface area contributed by atoms with E-state index in [1.807, 2.05) is 4.57 Å². The molecule has 0 aliphatic heterocycles. The summed E-state index contributed by atoms with van der Waals surface area (Å²) >= 11 is 0. The summed E-state index contributed by atoms with van der Waals surface area (Å²) in [5.41, 5.74) is 0. The van der Waals surface area contributed by atoms with Crippen molar-refractivity contribution >= 4 is 5.91 Å². The normalized spacial score (nSPS) is 25.6. The van der Waals surface area contributed by atoms with E-state index < -0.39 is 0 Å². The molecule has 1 aromatic rings. The van der Waals surface area contributed by atoms with E-state index in [1.165, 1.54) is 12.8 Å². The first kappa shape index (κ1) is 12.6. The third-order valence-corrected chi connectivity index (χ3v) is 4.22. The van der Waals surface area contributed by atoms with Crippen LogP contribution in [0.4, 0.5) is 0 Å². The summed E-state index contributed by atoms with van der Waals surface area (Å²) in [6, 6.07) is 0. The van der Waals surface area contributed by atoms with E-state index in [0.29, 0.717) is 24.3 Å². The lowest BCUT2D eigenvalue weighted by molar-refractivity contribution is -0.122. The van der Waals surface area contributed by atoms with E-state index in [9.17, 15) is 4.79 Å². The van der Waals surface area contributed by atoms with Gasteiger partial charge in [-0.25, -0.2) is 0 Å². The lowest BCUT2D eigenvalue weighted by Crippen LogP contribution is -2.29. The van der Waals surface area contributed by atoms with Gasteiger partial charge in [0.25, 0.3) is 0 Å². The minimum Gasteiger partial charge on any atom is -0.354 e. The van der Waals surface area contributed by atoms with Crippen LogP contribution in [0, 0.1) is 17.8 Å². The fraction of sp³-hybridized carbons (Fsp3) is 0.786. The van der Waals surface area contributed by atoms with Crippen LogP contribution in [-0.4, -0.2) is 27.2 Å². The summed E-state index contributed by atoms with van der Waals surface area (Å²) in [5, 5.41) is 11.1. The first-order valence-corrected chi connectivity index (χ1v) is 7.32. The van der Waals surface area contributed by atoms with Crippen LogP contribution in [0.5, 0.6) is 0 Å². The Hall–Kier alpha value is -1.39. The molecule has 0 unspecified atom stereocenters. The van der Waals surface area contributed by atoms with Crippen LogP contribution < -0.4 is 5.32 Å². The first-order chi connectivity index (χ1) is 9.16. The van der Waals surface area contributed by atoms with E-state index in [4.69, 9.17) is 0 Å². The molecule has 0 bridgehead atoms. The van der Waals surface area contributed by atoms with Crippen LogP contribution in [-0.2, 0) is 11.3 Å². The van der Waals surface area contributed by atoms with Crippen LogP contribution in [0.25, 0.3) is 0 Å². The van der Waals surface area contributed by atoms with Gasteiger partial charge in [0.15, 0.2) is 0 Å². The van der Waals surface area contributed by atoms with Crippen molar-refractivity contribution in [3.63, 3.8) is 0 Å². The summed E-state index contributed by atoms with van der Waals surface area (Å²) < 4.78 is 2.02. The van der Waals surface area contributed by atoms with Gasteiger partial charge < -0.3 is 9.88 Å². The maximum atomic E-state index is 11.9. The maximum Gasteiger partial charge on any atom is 0.223 e. The van der Waals surface area contributed by atoms with E-state index in [1.54, 1.807) is 6.33 Å². The second-order valence-electron chi connectivity index (χ2n) is 6.17. The standard InChI is InChI=1S/C14H22N4O/c1-9(2)13-17-16-8-18(13)6-5-15-14(19)12-7-11(12)10-3-4-10/h8-12H,3-7H2,1-2H3,(H,15,19)/t11-,12+/m1/s1. The zero-order valence-electron chi connectivity index (χ0n) is 11.7. The number of rotatable bonds is 6. The Bertz CT molecular complexity index is 464. The van der Waals surface area contributed by atoms with Crippen LogP contribution in [0.1, 0.15) is 44.9 Å². The van der Waals surface area contributed by atoms with Gasteiger partial charge in [0.2, 0.25) is 5.91 Å². The van der Waals surface area contributed by atoms with Gasteiger partial charge in [0, 0.05) is 24.9 Å². The Morgan fingerprint density at radius 2 is 2.32 bits per heavy atom. The quantitative estimate of drug-likeness (QED) is 0.846. The second kappa shape index (κ2) is 4.94. The molecule has 1 amide bonds. The zero-order valence-corrected chi connectivity index (χ0v) is 11.7. The molecule has 5 heteroatoms. The average Bonchev–Trinajstić information content (AvgIpc) is 3.25. The van der Waals surface area contributed by atoms with E-state index in [-0.39, 0.29) is 5.91 Å². The summed E-state index contributed by atoms with van der Waals surface area (Å²) in [4.78, 5) is 11.9. The number of amides is 1. The molecule has 2 aliphatic rings. The topological polar surface area (TPSA) is 59.8 Å². The molecule has 1 aromatic heterocycles. The van der Waals surface area contributed by atoms with Crippen molar-refractivity contribution in [2.24, 2.45) is 17.8 Å². The van der Waals surface area contributed by atoms with Gasteiger partial charge in [-0.2, -0.15) is 0 Å². The average molecular weight is 262 g/mol. The first-order valence-electron chi connectivity index (χ1n) is 7.32. The van der Waals surface area contributed by atoms with Gasteiger partial charge in [-0.1, -0.05) is 13.8 Å². The van der Waals surface area contributed by atoms with E-state index in [2.05, 4.69) is 29.4 Å². The molecule has 104 valence electrons. The highest BCUT2D eigenvalue weighted by molar-refractivity contribution is 5.81. The molecule has 0 radical (unpaired) electrons. The van der Waals surface area contributed by atoms with Crippen molar-refractivity contribution < 1.29 is 4.79 Å². The van der Waals surface area contributed by atoms with Gasteiger partial charge in [0.05, 0.1) is 0 Å². The van der Waals surface area contributed by atoms with Gasteiger partial charge >= 0.3 is 0 Å². The number of hydrogen-bond donors (Lipinski definition) is 1. The number of carbonyl (C=O) groups is 1. The number of aromatic nitrogens is 3.